The summed E-state index contributed by atoms with van der Waals surface area (Å²) in [5, 5.41) is 2.44. The monoisotopic (exact) mass is 302 g/mol. The Morgan fingerprint density at radius 3 is 2.71 bits per heavy atom. The normalized spacial score (nSPS) is 19.4. The Hall–Kier alpha value is -1.14. The van der Waals surface area contributed by atoms with Crippen molar-refractivity contribution in [1.82, 2.24) is 10.3 Å². The van der Waals surface area contributed by atoms with E-state index in [0.717, 1.165) is 17.7 Å². The lowest BCUT2D eigenvalue weighted by atomic mass is 9.95. The number of rotatable bonds is 5. The second-order valence-corrected chi connectivity index (χ2v) is 5.71. The van der Waals surface area contributed by atoms with Gasteiger partial charge in [-0.1, -0.05) is 19.9 Å². The molecule has 2 rings (SSSR count). The zero-order valence-corrected chi connectivity index (χ0v) is 12.3. The van der Waals surface area contributed by atoms with Crippen molar-refractivity contribution < 1.29 is 17.9 Å². The lowest BCUT2D eigenvalue weighted by Crippen LogP contribution is -2.29. The van der Waals surface area contributed by atoms with Crippen LogP contribution in [0.1, 0.15) is 49.1 Å². The first kappa shape index (κ1) is 16.2. The molecule has 21 heavy (non-hydrogen) atoms. The molecule has 0 aromatic carbocycles. The standard InChI is InChI=1S/C15H21F3N2O/c1-10(2)13-4-3-12(11-5-6-21-8-11)14(20-13)7-19-9-15(16,17)18/h3-4,10-11,19H,5-9H2,1-2H3. The molecular formula is C15H21F3N2O. The zero-order valence-electron chi connectivity index (χ0n) is 12.3. The van der Waals surface area contributed by atoms with E-state index in [-0.39, 0.29) is 18.4 Å². The van der Waals surface area contributed by atoms with Crippen molar-refractivity contribution in [2.24, 2.45) is 0 Å². The number of pyridine rings is 1. The maximum atomic E-state index is 12.3. The quantitative estimate of drug-likeness (QED) is 0.905. The third kappa shape index (κ3) is 4.68. The average molecular weight is 302 g/mol. The molecule has 1 unspecified atom stereocenters. The molecule has 0 aliphatic carbocycles. The molecule has 1 aliphatic rings. The van der Waals surface area contributed by atoms with Crippen molar-refractivity contribution in [2.45, 2.75) is 44.8 Å². The third-order valence-corrected chi connectivity index (χ3v) is 3.61. The molecule has 0 saturated carbocycles. The van der Waals surface area contributed by atoms with Crippen molar-refractivity contribution in [1.29, 1.82) is 0 Å². The topological polar surface area (TPSA) is 34.1 Å². The molecule has 1 saturated heterocycles. The minimum atomic E-state index is -4.20. The molecular weight excluding hydrogens is 281 g/mol. The Bertz CT molecular complexity index is 468. The van der Waals surface area contributed by atoms with E-state index in [2.05, 4.69) is 10.3 Å². The number of hydrogen-bond donors (Lipinski definition) is 1. The van der Waals surface area contributed by atoms with Gasteiger partial charge in [0.2, 0.25) is 0 Å². The number of aromatic nitrogens is 1. The average Bonchev–Trinajstić information content (AvgIpc) is 2.90. The van der Waals surface area contributed by atoms with Crippen molar-refractivity contribution in [2.75, 3.05) is 19.8 Å². The van der Waals surface area contributed by atoms with Crippen molar-refractivity contribution in [3.8, 4) is 0 Å². The molecule has 1 N–H and O–H groups in total. The van der Waals surface area contributed by atoms with Crippen LogP contribution in [0.25, 0.3) is 0 Å². The molecule has 1 aliphatic heterocycles. The maximum Gasteiger partial charge on any atom is 0.401 e. The number of hydrogen-bond acceptors (Lipinski definition) is 3. The molecule has 0 spiro atoms. The first-order chi connectivity index (χ1) is 9.87. The summed E-state index contributed by atoms with van der Waals surface area (Å²) in [4.78, 5) is 4.55. The molecule has 1 aromatic heterocycles. The highest BCUT2D eigenvalue weighted by Gasteiger charge is 2.27. The van der Waals surface area contributed by atoms with Crippen LogP contribution >= 0.6 is 0 Å². The van der Waals surface area contributed by atoms with E-state index in [1.807, 2.05) is 26.0 Å². The Kier molecular flexibility index (Phi) is 5.22. The fourth-order valence-electron chi connectivity index (χ4n) is 2.47. The molecule has 3 nitrogen and oxygen atoms in total. The van der Waals surface area contributed by atoms with E-state index in [1.54, 1.807) is 0 Å². The van der Waals surface area contributed by atoms with Gasteiger partial charge in [-0.15, -0.1) is 0 Å². The minimum absolute atomic E-state index is 0.131. The predicted octanol–water partition coefficient (Wildman–Crippen LogP) is 3.36. The highest BCUT2D eigenvalue weighted by atomic mass is 19.4. The first-order valence-electron chi connectivity index (χ1n) is 7.21. The van der Waals surface area contributed by atoms with E-state index in [4.69, 9.17) is 4.74 Å². The molecule has 1 aromatic rings. The third-order valence-electron chi connectivity index (χ3n) is 3.61. The highest BCUT2D eigenvalue weighted by Crippen LogP contribution is 2.28. The van der Waals surface area contributed by atoms with Gasteiger partial charge in [0.05, 0.1) is 18.8 Å². The van der Waals surface area contributed by atoms with Crippen LogP contribution in [0, 0.1) is 0 Å². The van der Waals surface area contributed by atoms with Gasteiger partial charge in [-0.05, 0) is 24.0 Å². The fourth-order valence-corrected chi connectivity index (χ4v) is 2.47. The summed E-state index contributed by atoms with van der Waals surface area (Å²) in [5.74, 6) is 0.488. The van der Waals surface area contributed by atoms with Gasteiger partial charge < -0.3 is 10.1 Å². The summed E-state index contributed by atoms with van der Waals surface area (Å²) in [6.07, 6.45) is -3.30. The van der Waals surface area contributed by atoms with Crippen LogP contribution in [0.3, 0.4) is 0 Å². The van der Waals surface area contributed by atoms with Crippen LogP contribution in [-0.4, -0.2) is 30.9 Å². The van der Waals surface area contributed by atoms with E-state index in [1.165, 1.54) is 0 Å². The van der Waals surface area contributed by atoms with Gasteiger partial charge in [0, 0.05) is 24.8 Å². The number of alkyl halides is 3. The Balaban J connectivity index is 2.15. The van der Waals surface area contributed by atoms with Crippen LogP contribution in [0.4, 0.5) is 13.2 Å². The molecule has 6 heteroatoms. The van der Waals surface area contributed by atoms with Crippen LogP contribution < -0.4 is 5.32 Å². The summed E-state index contributed by atoms with van der Waals surface area (Å²) < 4.78 is 42.2. The fraction of sp³-hybridized carbons (Fsp3) is 0.667. The lowest BCUT2D eigenvalue weighted by Gasteiger charge is -2.17. The smallest absolute Gasteiger partial charge is 0.381 e. The molecule has 118 valence electrons. The number of nitrogens with zero attached hydrogens (tertiary/aromatic N) is 1. The molecule has 1 fully saturated rings. The van der Waals surface area contributed by atoms with Gasteiger partial charge in [0.15, 0.2) is 0 Å². The highest BCUT2D eigenvalue weighted by molar-refractivity contribution is 5.28. The van der Waals surface area contributed by atoms with Crippen LogP contribution in [0.15, 0.2) is 12.1 Å². The van der Waals surface area contributed by atoms with Gasteiger partial charge in [-0.3, -0.25) is 4.98 Å². The second-order valence-electron chi connectivity index (χ2n) is 5.71. The van der Waals surface area contributed by atoms with E-state index in [0.29, 0.717) is 18.9 Å². The van der Waals surface area contributed by atoms with Gasteiger partial charge in [-0.25, -0.2) is 0 Å². The SMILES string of the molecule is CC(C)c1ccc(C2CCOC2)c(CNCC(F)(F)F)n1. The molecule has 0 bridgehead atoms. The van der Waals surface area contributed by atoms with Crippen LogP contribution in [0.2, 0.25) is 0 Å². The van der Waals surface area contributed by atoms with Gasteiger partial charge in [-0.2, -0.15) is 13.2 Å². The minimum Gasteiger partial charge on any atom is -0.381 e. The van der Waals surface area contributed by atoms with E-state index >= 15 is 0 Å². The number of nitrogens with one attached hydrogen (secondary N) is 1. The molecule has 0 amide bonds. The summed E-state index contributed by atoms with van der Waals surface area (Å²) in [7, 11) is 0. The molecule has 2 heterocycles. The van der Waals surface area contributed by atoms with Crippen molar-refractivity contribution in [3.63, 3.8) is 0 Å². The van der Waals surface area contributed by atoms with Crippen LogP contribution in [0.5, 0.6) is 0 Å². The summed E-state index contributed by atoms with van der Waals surface area (Å²) in [5.41, 5.74) is 2.62. The molecule has 0 radical (unpaired) electrons. The van der Waals surface area contributed by atoms with Gasteiger partial charge in [0.1, 0.15) is 0 Å². The predicted molar refractivity (Wildman–Crippen MR) is 74.3 cm³/mol. The largest absolute Gasteiger partial charge is 0.401 e. The van der Waals surface area contributed by atoms with Crippen LogP contribution in [-0.2, 0) is 11.3 Å². The van der Waals surface area contributed by atoms with E-state index < -0.39 is 12.7 Å². The van der Waals surface area contributed by atoms with Crippen molar-refractivity contribution >= 4 is 0 Å². The molecule has 1 atom stereocenters. The summed E-state index contributed by atoms with van der Waals surface area (Å²) in [6.45, 7) is 4.50. The zero-order chi connectivity index (χ0) is 15.5. The van der Waals surface area contributed by atoms with Crippen molar-refractivity contribution in [3.05, 3.63) is 29.1 Å². The van der Waals surface area contributed by atoms with Gasteiger partial charge >= 0.3 is 6.18 Å². The van der Waals surface area contributed by atoms with Gasteiger partial charge in [0.25, 0.3) is 0 Å². The summed E-state index contributed by atoms with van der Waals surface area (Å²) in [6, 6.07) is 3.96. The Labute approximate surface area is 122 Å². The Morgan fingerprint density at radius 1 is 1.38 bits per heavy atom. The maximum absolute atomic E-state index is 12.3. The number of ether oxygens (including phenoxy) is 1. The second kappa shape index (κ2) is 6.75. The lowest BCUT2D eigenvalue weighted by molar-refractivity contribution is -0.125. The number of halogens is 3. The summed E-state index contributed by atoms with van der Waals surface area (Å²) >= 11 is 0. The first-order valence-corrected chi connectivity index (χ1v) is 7.21. The van der Waals surface area contributed by atoms with E-state index in [9.17, 15) is 13.2 Å². The Morgan fingerprint density at radius 2 is 2.14 bits per heavy atom.